The highest BCUT2D eigenvalue weighted by atomic mass is 15.1. The molecule has 10 aromatic carbocycles. The third-order valence-electron chi connectivity index (χ3n) is 11.8. The van der Waals surface area contributed by atoms with E-state index >= 15 is 0 Å². The number of benzene rings is 10. The van der Waals surface area contributed by atoms with Gasteiger partial charge in [0.15, 0.2) is 0 Å². The summed E-state index contributed by atoms with van der Waals surface area (Å²) in [7, 11) is 0. The van der Waals surface area contributed by atoms with Crippen LogP contribution in [-0.2, 0) is 0 Å². The molecule has 11 rings (SSSR count). The van der Waals surface area contributed by atoms with Gasteiger partial charge in [0.05, 0.1) is 22.4 Å². The van der Waals surface area contributed by atoms with Gasteiger partial charge in [-0.1, -0.05) is 194 Å². The van der Waals surface area contributed by atoms with Crippen LogP contribution >= 0.6 is 0 Å². The molecule has 60 heavy (non-hydrogen) atoms. The van der Waals surface area contributed by atoms with Crippen LogP contribution in [0.5, 0.6) is 0 Å². The Morgan fingerprint density at radius 2 is 0.783 bits per heavy atom. The molecule has 0 N–H and O–H groups in total. The van der Waals surface area contributed by atoms with Crippen LogP contribution in [0.3, 0.4) is 0 Å². The second-order valence-corrected chi connectivity index (χ2v) is 15.3. The number of hydrogen-bond donors (Lipinski definition) is 0. The minimum atomic E-state index is 1.08. The predicted molar refractivity (Wildman–Crippen MR) is 255 cm³/mol. The van der Waals surface area contributed by atoms with Crippen molar-refractivity contribution in [2.24, 2.45) is 0 Å². The predicted octanol–water partition coefficient (Wildman–Crippen LogP) is 16.1. The first kappa shape index (κ1) is 35.2. The Hall–Kier alpha value is -7.94. The second kappa shape index (κ2) is 15.1. The van der Waals surface area contributed by atoms with Crippen LogP contribution in [0, 0.1) is 0 Å². The zero-order valence-electron chi connectivity index (χ0n) is 33.0. The van der Waals surface area contributed by atoms with E-state index in [-0.39, 0.29) is 0 Å². The zero-order chi connectivity index (χ0) is 39.8. The third kappa shape index (κ3) is 6.14. The van der Waals surface area contributed by atoms with Gasteiger partial charge in [0.1, 0.15) is 0 Å². The molecule has 11 aromatic rings. The molecule has 0 atom stereocenters. The van der Waals surface area contributed by atoms with Crippen LogP contribution in [0.25, 0.3) is 82.8 Å². The smallest absolute Gasteiger partial charge is 0.0541 e. The van der Waals surface area contributed by atoms with Crippen LogP contribution in [0.2, 0.25) is 0 Å². The Morgan fingerprint density at radius 1 is 0.283 bits per heavy atom. The number of anilines is 3. The van der Waals surface area contributed by atoms with Gasteiger partial charge in [-0.25, -0.2) is 0 Å². The summed E-state index contributed by atoms with van der Waals surface area (Å²) >= 11 is 0. The van der Waals surface area contributed by atoms with E-state index in [1.54, 1.807) is 0 Å². The number of para-hydroxylation sites is 4. The van der Waals surface area contributed by atoms with Crippen LogP contribution in [0.1, 0.15) is 0 Å². The lowest BCUT2D eigenvalue weighted by atomic mass is 9.92. The van der Waals surface area contributed by atoms with Crippen molar-refractivity contribution in [3.8, 4) is 50.2 Å². The molecule has 0 aliphatic rings. The zero-order valence-corrected chi connectivity index (χ0v) is 33.0. The van der Waals surface area contributed by atoms with E-state index in [2.05, 4.69) is 252 Å². The number of fused-ring (bicyclic) bond motifs is 4. The highest BCUT2D eigenvalue weighted by molar-refractivity contribution is 6.10. The quantitative estimate of drug-likeness (QED) is 0.150. The monoisotopic (exact) mass is 764 g/mol. The first-order valence-corrected chi connectivity index (χ1v) is 20.6. The Balaban J connectivity index is 1.12. The van der Waals surface area contributed by atoms with Gasteiger partial charge in [-0.05, 0) is 92.7 Å². The third-order valence-corrected chi connectivity index (χ3v) is 11.8. The Morgan fingerprint density at radius 3 is 1.50 bits per heavy atom. The maximum atomic E-state index is 2.43. The molecule has 0 saturated carbocycles. The van der Waals surface area contributed by atoms with Crippen molar-refractivity contribution in [3.05, 3.63) is 243 Å². The van der Waals surface area contributed by atoms with Gasteiger partial charge in [0.25, 0.3) is 0 Å². The van der Waals surface area contributed by atoms with Crippen LogP contribution in [0.4, 0.5) is 17.1 Å². The van der Waals surface area contributed by atoms with Gasteiger partial charge < -0.3 is 9.47 Å². The van der Waals surface area contributed by atoms with Crippen molar-refractivity contribution < 1.29 is 0 Å². The molecule has 0 radical (unpaired) electrons. The number of nitrogens with zero attached hydrogens (tertiary/aromatic N) is 2. The SMILES string of the molecule is c1ccc(-c2cc(N(c3ccc(-c4cccc5ccccc45)cc3)c3ccccc3-c3ccccc3)ccc2-c2ccccc2-n2c3ccccc3c3ccccc32)cc1. The van der Waals surface area contributed by atoms with E-state index in [1.807, 2.05) is 0 Å². The summed E-state index contributed by atoms with van der Waals surface area (Å²) in [5, 5.41) is 5.00. The van der Waals surface area contributed by atoms with E-state index in [4.69, 9.17) is 0 Å². The fourth-order valence-corrected chi connectivity index (χ4v) is 9.07. The largest absolute Gasteiger partial charge is 0.310 e. The fraction of sp³-hybridized carbons (Fsp3) is 0. The lowest BCUT2D eigenvalue weighted by Gasteiger charge is -2.29. The maximum absolute atomic E-state index is 2.43. The topological polar surface area (TPSA) is 8.17 Å². The summed E-state index contributed by atoms with van der Waals surface area (Å²) in [6.07, 6.45) is 0. The van der Waals surface area contributed by atoms with Crippen molar-refractivity contribution >= 4 is 49.6 Å². The van der Waals surface area contributed by atoms with Gasteiger partial charge >= 0.3 is 0 Å². The minimum absolute atomic E-state index is 1.08. The first-order valence-electron chi connectivity index (χ1n) is 20.6. The van der Waals surface area contributed by atoms with E-state index in [0.29, 0.717) is 0 Å². The minimum Gasteiger partial charge on any atom is -0.310 e. The van der Waals surface area contributed by atoms with E-state index in [9.17, 15) is 0 Å². The summed E-state index contributed by atoms with van der Waals surface area (Å²) in [6, 6.07) is 87.9. The molecule has 0 aliphatic carbocycles. The average molecular weight is 765 g/mol. The van der Waals surface area contributed by atoms with Crippen LogP contribution in [0.15, 0.2) is 243 Å². The summed E-state index contributed by atoms with van der Waals surface area (Å²) in [6.45, 7) is 0. The van der Waals surface area contributed by atoms with Crippen molar-refractivity contribution in [2.75, 3.05) is 4.90 Å². The second-order valence-electron chi connectivity index (χ2n) is 15.3. The van der Waals surface area contributed by atoms with Crippen LogP contribution < -0.4 is 4.90 Å². The van der Waals surface area contributed by atoms with E-state index < -0.39 is 0 Å². The van der Waals surface area contributed by atoms with Crippen molar-refractivity contribution in [2.45, 2.75) is 0 Å². The van der Waals surface area contributed by atoms with Crippen molar-refractivity contribution in [3.63, 3.8) is 0 Å². The molecular weight excluding hydrogens is 725 g/mol. The van der Waals surface area contributed by atoms with Crippen molar-refractivity contribution in [1.82, 2.24) is 4.57 Å². The molecule has 2 nitrogen and oxygen atoms in total. The molecule has 0 bridgehead atoms. The molecule has 2 heteroatoms. The highest BCUT2D eigenvalue weighted by Crippen LogP contribution is 2.46. The Kier molecular flexibility index (Phi) is 8.87. The molecule has 0 spiro atoms. The van der Waals surface area contributed by atoms with Gasteiger partial charge in [-0.3, -0.25) is 0 Å². The average Bonchev–Trinajstić information content (AvgIpc) is 3.67. The van der Waals surface area contributed by atoms with E-state index in [0.717, 1.165) is 33.9 Å². The molecule has 282 valence electrons. The summed E-state index contributed by atoms with van der Waals surface area (Å²) in [4.78, 5) is 2.42. The molecule has 0 saturated heterocycles. The summed E-state index contributed by atoms with van der Waals surface area (Å²) in [5.74, 6) is 0. The van der Waals surface area contributed by atoms with Gasteiger partial charge in [-0.15, -0.1) is 0 Å². The lowest BCUT2D eigenvalue weighted by Crippen LogP contribution is -2.11. The molecule has 0 fully saturated rings. The van der Waals surface area contributed by atoms with E-state index in [1.165, 1.54) is 66.0 Å². The van der Waals surface area contributed by atoms with Gasteiger partial charge in [0.2, 0.25) is 0 Å². The van der Waals surface area contributed by atoms with Crippen LogP contribution in [-0.4, -0.2) is 4.57 Å². The lowest BCUT2D eigenvalue weighted by molar-refractivity contribution is 1.18. The number of rotatable bonds is 8. The number of hydrogen-bond acceptors (Lipinski definition) is 1. The fourth-order valence-electron chi connectivity index (χ4n) is 9.07. The normalized spacial score (nSPS) is 11.3. The van der Waals surface area contributed by atoms with Gasteiger partial charge in [-0.2, -0.15) is 0 Å². The standard InChI is InChI=1S/C58H40N2/c1-3-18-42(19-4-1)49-25-9-13-30-55(49)59(45-36-34-44(35-37-45)48-29-17-23-41-22-7-8-24-47(41)48)46-38-39-50(54(40-46)43-20-5-2-6-21-43)51-26-10-14-31-56(51)60-57-32-15-11-27-52(57)53-28-12-16-33-58(53)60/h1-40H. The van der Waals surface area contributed by atoms with Crippen molar-refractivity contribution in [1.29, 1.82) is 0 Å². The Bertz CT molecular complexity index is 3250. The summed E-state index contributed by atoms with van der Waals surface area (Å²) < 4.78 is 2.43. The first-order chi connectivity index (χ1) is 29.8. The molecule has 1 heterocycles. The van der Waals surface area contributed by atoms with Gasteiger partial charge in [0, 0.05) is 33.3 Å². The molecule has 0 aliphatic heterocycles. The highest BCUT2D eigenvalue weighted by Gasteiger charge is 2.22. The Labute approximate surface area is 350 Å². The molecule has 0 unspecified atom stereocenters. The molecular formula is C58H40N2. The molecule has 0 amide bonds. The summed E-state index contributed by atoms with van der Waals surface area (Å²) in [5.41, 5.74) is 16.2. The number of aromatic nitrogens is 1. The molecule has 1 aromatic heterocycles. The maximum Gasteiger partial charge on any atom is 0.0541 e.